The van der Waals surface area contributed by atoms with Gasteiger partial charge in [-0.15, -0.1) is 0 Å². The van der Waals surface area contributed by atoms with Gasteiger partial charge in [0, 0.05) is 13.1 Å². The molecule has 8 nitrogen and oxygen atoms in total. The third-order valence-corrected chi connectivity index (χ3v) is 7.28. The molecule has 0 spiro atoms. The number of para-hydroxylation sites is 2. The Hall–Kier alpha value is -3.63. The van der Waals surface area contributed by atoms with Gasteiger partial charge in [-0.05, 0) is 42.5 Å². The van der Waals surface area contributed by atoms with Crippen LogP contribution in [0.1, 0.15) is 24.2 Å². The average Bonchev–Trinajstić information content (AvgIpc) is 3.24. The van der Waals surface area contributed by atoms with Crippen LogP contribution in [-0.2, 0) is 10.0 Å². The maximum atomic E-state index is 14.4. The van der Waals surface area contributed by atoms with Gasteiger partial charge >= 0.3 is 0 Å². The molecule has 0 unspecified atom stereocenters. The predicted molar refractivity (Wildman–Crippen MR) is 123 cm³/mol. The van der Waals surface area contributed by atoms with Crippen molar-refractivity contribution < 1.29 is 17.6 Å². The van der Waals surface area contributed by atoms with Gasteiger partial charge in [0.2, 0.25) is 10.0 Å². The van der Waals surface area contributed by atoms with Gasteiger partial charge in [-0.25, -0.2) is 22.8 Å². The van der Waals surface area contributed by atoms with Crippen LogP contribution >= 0.6 is 0 Å². The summed E-state index contributed by atoms with van der Waals surface area (Å²) in [4.78, 5) is 21.2. The molecule has 0 saturated carbocycles. The number of anilines is 1. The van der Waals surface area contributed by atoms with Crippen molar-refractivity contribution in [3.63, 3.8) is 0 Å². The number of nitrogens with zero attached hydrogens (tertiary/aromatic N) is 4. The minimum absolute atomic E-state index is 0.141. The fourth-order valence-corrected chi connectivity index (χ4v) is 4.98. The monoisotopic (exact) mass is 467 g/mol. The Balaban J connectivity index is 1.57. The zero-order valence-corrected chi connectivity index (χ0v) is 18.9. The Kier molecular flexibility index (Phi) is 6.21. The molecule has 2 heterocycles. The molecule has 0 bridgehead atoms. The highest BCUT2D eigenvalue weighted by molar-refractivity contribution is 7.89. The smallest absolute Gasteiger partial charge is 0.258 e. The standard InChI is InChI=1S/C23H22FN5O3S/c1-3-28(4-2)33(31,32)17-10-11-19(24)18(13-17)23(30)27-16-9-12-22(25-14-16)29-15-26-20-7-5-6-8-21(20)29/h5-15H,3-4H2,1-2H3,(H,27,30). The predicted octanol–water partition coefficient (Wildman–Crippen LogP) is 3.84. The molecule has 0 aliphatic heterocycles. The molecule has 4 aromatic rings. The fraction of sp³-hybridized carbons (Fsp3) is 0.174. The van der Waals surface area contributed by atoms with Crippen molar-refractivity contribution >= 4 is 32.7 Å². The molecule has 0 radical (unpaired) electrons. The fourth-order valence-electron chi connectivity index (χ4n) is 3.49. The molecule has 0 fully saturated rings. The van der Waals surface area contributed by atoms with E-state index in [0.717, 1.165) is 29.2 Å². The van der Waals surface area contributed by atoms with Crippen molar-refractivity contribution in [2.75, 3.05) is 18.4 Å². The summed E-state index contributed by atoms with van der Waals surface area (Å²) in [5.41, 5.74) is 1.68. The molecule has 2 aromatic heterocycles. The number of carbonyl (C=O) groups is 1. The lowest BCUT2D eigenvalue weighted by Gasteiger charge is -2.19. The van der Waals surface area contributed by atoms with Crippen molar-refractivity contribution in [3.05, 3.63) is 78.5 Å². The maximum Gasteiger partial charge on any atom is 0.258 e. The first kappa shape index (κ1) is 22.6. The van der Waals surface area contributed by atoms with E-state index in [1.54, 1.807) is 32.3 Å². The van der Waals surface area contributed by atoms with Crippen LogP contribution in [0.15, 0.2) is 72.0 Å². The van der Waals surface area contributed by atoms with Gasteiger partial charge in [-0.2, -0.15) is 4.31 Å². The number of benzene rings is 2. The van der Waals surface area contributed by atoms with Gasteiger partial charge in [0.05, 0.1) is 33.4 Å². The van der Waals surface area contributed by atoms with Crippen LogP contribution in [0, 0.1) is 5.82 Å². The zero-order valence-electron chi connectivity index (χ0n) is 18.1. The zero-order chi connectivity index (χ0) is 23.6. The van der Waals surface area contributed by atoms with E-state index in [0.29, 0.717) is 11.5 Å². The van der Waals surface area contributed by atoms with Crippen LogP contribution in [0.4, 0.5) is 10.1 Å². The summed E-state index contributed by atoms with van der Waals surface area (Å²) in [6.07, 6.45) is 3.10. The van der Waals surface area contributed by atoms with Crippen molar-refractivity contribution in [1.29, 1.82) is 0 Å². The first-order chi connectivity index (χ1) is 15.8. The van der Waals surface area contributed by atoms with Gasteiger partial charge in [0.15, 0.2) is 0 Å². The van der Waals surface area contributed by atoms with Crippen LogP contribution in [-0.4, -0.2) is 46.3 Å². The highest BCUT2D eigenvalue weighted by atomic mass is 32.2. The Labute approximate surface area is 190 Å². The van der Waals surface area contributed by atoms with Gasteiger partial charge in [0.1, 0.15) is 18.0 Å². The molecular formula is C23H22FN5O3S. The van der Waals surface area contributed by atoms with E-state index >= 15 is 0 Å². The molecule has 170 valence electrons. The summed E-state index contributed by atoms with van der Waals surface area (Å²) in [5.74, 6) is -0.993. The summed E-state index contributed by atoms with van der Waals surface area (Å²) in [6, 6.07) is 14.1. The van der Waals surface area contributed by atoms with Crippen molar-refractivity contribution in [2.24, 2.45) is 0 Å². The van der Waals surface area contributed by atoms with Crippen LogP contribution in [0.5, 0.6) is 0 Å². The maximum absolute atomic E-state index is 14.4. The molecule has 2 aromatic carbocycles. The number of aromatic nitrogens is 3. The Bertz CT molecular complexity index is 1410. The number of nitrogens with one attached hydrogen (secondary N) is 1. The third-order valence-electron chi connectivity index (χ3n) is 5.23. The molecule has 10 heteroatoms. The lowest BCUT2D eigenvalue weighted by Crippen LogP contribution is -2.31. The minimum atomic E-state index is -3.83. The van der Waals surface area contributed by atoms with Crippen LogP contribution < -0.4 is 5.32 Å². The van der Waals surface area contributed by atoms with Gasteiger partial charge in [0.25, 0.3) is 5.91 Å². The first-order valence-electron chi connectivity index (χ1n) is 10.3. The number of halogens is 1. The third kappa shape index (κ3) is 4.35. The van der Waals surface area contributed by atoms with Crippen LogP contribution in [0.25, 0.3) is 16.9 Å². The molecule has 33 heavy (non-hydrogen) atoms. The van der Waals surface area contributed by atoms with Crippen LogP contribution in [0.3, 0.4) is 0 Å². The molecule has 1 amide bonds. The summed E-state index contributed by atoms with van der Waals surface area (Å²) < 4.78 is 42.9. The molecule has 4 rings (SSSR count). The largest absolute Gasteiger partial charge is 0.320 e. The number of rotatable bonds is 7. The SMILES string of the molecule is CCN(CC)S(=O)(=O)c1ccc(F)c(C(=O)Nc2ccc(-n3cnc4ccccc43)nc2)c1. The summed E-state index contributed by atoms with van der Waals surface area (Å²) >= 11 is 0. The number of fused-ring (bicyclic) bond motifs is 1. The lowest BCUT2D eigenvalue weighted by molar-refractivity contribution is 0.102. The first-order valence-corrected chi connectivity index (χ1v) is 11.8. The topological polar surface area (TPSA) is 97.2 Å². The van der Waals surface area contributed by atoms with E-state index in [4.69, 9.17) is 0 Å². The normalized spacial score (nSPS) is 11.8. The average molecular weight is 468 g/mol. The Morgan fingerprint density at radius 2 is 1.82 bits per heavy atom. The number of sulfonamides is 1. The Morgan fingerprint density at radius 3 is 2.52 bits per heavy atom. The second-order valence-corrected chi connectivity index (χ2v) is 9.13. The summed E-state index contributed by atoms with van der Waals surface area (Å²) in [5, 5.41) is 2.57. The molecule has 0 atom stereocenters. The van der Waals surface area contributed by atoms with E-state index in [1.165, 1.54) is 10.5 Å². The lowest BCUT2D eigenvalue weighted by atomic mass is 10.2. The quantitative estimate of drug-likeness (QED) is 0.445. The van der Waals surface area contributed by atoms with Crippen molar-refractivity contribution in [2.45, 2.75) is 18.7 Å². The van der Waals surface area contributed by atoms with E-state index in [-0.39, 0.29) is 23.5 Å². The molecule has 0 aliphatic carbocycles. The molecule has 1 N–H and O–H groups in total. The van der Waals surface area contributed by atoms with Gasteiger partial charge < -0.3 is 5.32 Å². The number of hydrogen-bond donors (Lipinski definition) is 1. The van der Waals surface area contributed by atoms with Gasteiger partial charge in [-0.1, -0.05) is 26.0 Å². The number of carbonyl (C=O) groups excluding carboxylic acids is 1. The number of pyridine rings is 1. The number of hydrogen-bond acceptors (Lipinski definition) is 5. The van der Waals surface area contributed by atoms with E-state index in [1.807, 2.05) is 28.8 Å². The summed E-state index contributed by atoms with van der Waals surface area (Å²) in [6.45, 7) is 3.95. The van der Waals surface area contributed by atoms with Crippen LogP contribution in [0.2, 0.25) is 0 Å². The second-order valence-electron chi connectivity index (χ2n) is 7.19. The van der Waals surface area contributed by atoms with Crippen molar-refractivity contribution in [1.82, 2.24) is 18.8 Å². The molecule has 0 saturated heterocycles. The van der Waals surface area contributed by atoms with E-state index < -0.39 is 21.7 Å². The second kappa shape index (κ2) is 9.08. The van der Waals surface area contributed by atoms with Crippen molar-refractivity contribution in [3.8, 4) is 5.82 Å². The van der Waals surface area contributed by atoms with E-state index in [2.05, 4.69) is 15.3 Å². The molecule has 0 aliphatic rings. The highest BCUT2D eigenvalue weighted by Gasteiger charge is 2.24. The highest BCUT2D eigenvalue weighted by Crippen LogP contribution is 2.21. The molecular weight excluding hydrogens is 445 g/mol. The number of imidazole rings is 1. The number of amides is 1. The van der Waals surface area contributed by atoms with Gasteiger partial charge in [-0.3, -0.25) is 9.36 Å². The minimum Gasteiger partial charge on any atom is -0.320 e. The summed E-state index contributed by atoms with van der Waals surface area (Å²) in [7, 11) is -3.83. The Morgan fingerprint density at radius 1 is 1.06 bits per heavy atom. The van der Waals surface area contributed by atoms with E-state index in [9.17, 15) is 17.6 Å².